The lowest BCUT2D eigenvalue weighted by Crippen LogP contribution is -2.51. The summed E-state index contributed by atoms with van der Waals surface area (Å²) in [5.41, 5.74) is 1.12. The van der Waals surface area contributed by atoms with E-state index in [1.54, 1.807) is 18.1 Å². The summed E-state index contributed by atoms with van der Waals surface area (Å²) in [5, 5.41) is 3.72. The average Bonchev–Trinajstić information content (AvgIpc) is 3.40. The van der Waals surface area contributed by atoms with Gasteiger partial charge in [-0.1, -0.05) is 55.1 Å². The Hall–Kier alpha value is -2.49. The largest absolute Gasteiger partial charge is 0.497 e. The Morgan fingerprint density at radius 3 is 2.36 bits per heavy atom. The number of methoxy groups -OCH3 is 1. The quantitative estimate of drug-likeness (QED) is 0.333. The zero-order valence-electron chi connectivity index (χ0n) is 22.7. The summed E-state index contributed by atoms with van der Waals surface area (Å²) in [5.74, 6) is 0.308. The summed E-state index contributed by atoms with van der Waals surface area (Å²) < 4.78 is 31.5. The molecule has 1 unspecified atom stereocenters. The van der Waals surface area contributed by atoms with E-state index < -0.39 is 16.1 Å². The van der Waals surface area contributed by atoms with Crippen LogP contribution in [0, 0.1) is 0 Å². The van der Waals surface area contributed by atoms with Crippen LogP contribution in [0.5, 0.6) is 5.75 Å². The molecule has 39 heavy (non-hydrogen) atoms. The van der Waals surface area contributed by atoms with Crippen molar-refractivity contribution in [2.75, 3.05) is 24.2 Å². The van der Waals surface area contributed by atoms with Gasteiger partial charge < -0.3 is 15.0 Å². The lowest BCUT2D eigenvalue weighted by Gasteiger charge is -2.32. The highest BCUT2D eigenvalue weighted by molar-refractivity contribution is 7.92. The molecule has 1 aliphatic carbocycles. The second-order valence-electron chi connectivity index (χ2n) is 9.82. The van der Waals surface area contributed by atoms with E-state index >= 15 is 0 Å². The van der Waals surface area contributed by atoms with Crippen LogP contribution < -0.4 is 14.4 Å². The van der Waals surface area contributed by atoms with Gasteiger partial charge in [-0.2, -0.15) is 0 Å². The molecule has 0 heterocycles. The normalized spacial score (nSPS) is 14.6. The van der Waals surface area contributed by atoms with E-state index in [2.05, 4.69) is 5.32 Å². The summed E-state index contributed by atoms with van der Waals surface area (Å²) in [7, 11) is -2.10. The van der Waals surface area contributed by atoms with Gasteiger partial charge in [0.2, 0.25) is 21.8 Å². The predicted molar refractivity (Wildman–Crippen MR) is 156 cm³/mol. The van der Waals surface area contributed by atoms with Gasteiger partial charge in [-0.25, -0.2) is 8.42 Å². The lowest BCUT2D eigenvalue weighted by molar-refractivity contribution is -0.141. The molecule has 0 spiro atoms. The fourth-order valence-corrected chi connectivity index (χ4v) is 6.28. The van der Waals surface area contributed by atoms with E-state index in [0.717, 1.165) is 41.8 Å². The van der Waals surface area contributed by atoms with Crippen LogP contribution in [0.4, 0.5) is 5.69 Å². The zero-order chi connectivity index (χ0) is 28.6. The van der Waals surface area contributed by atoms with Crippen LogP contribution >= 0.6 is 23.2 Å². The van der Waals surface area contributed by atoms with Crippen LogP contribution in [0.3, 0.4) is 0 Å². The van der Waals surface area contributed by atoms with E-state index in [-0.39, 0.29) is 54.5 Å². The topological polar surface area (TPSA) is 96.0 Å². The van der Waals surface area contributed by atoms with Crippen LogP contribution in [0.25, 0.3) is 0 Å². The van der Waals surface area contributed by atoms with E-state index in [1.165, 1.54) is 12.1 Å². The maximum Gasteiger partial charge on any atom is 0.243 e. The smallest absolute Gasteiger partial charge is 0.243 e. The predicted octanol–water partition coefficient (Wildman–Crippen LogP) is 5.41. The molecule has 1 atom stereocenters. The molecule has 2 aromatic carbocycles. The number of anilines is 1. The number of hydrogen-bond acceptors (Lipinski definition) is 5. The first-order chi connectivity index (χ1) is 18.5. The second-order valence-corrected chi connectivity index (χ2v) is 12.6. The molecule has 2 amide bonds. The van der Waals surface area contributed by atoms with Gasteiger partial charge in [-0.3, -0.25) is 13.9 Å². The molecule has 1 N–H and O–H groups in total. The average molecular weight is 599 g/mol. The maximum atomic E-state index is 13.6. The first kappa shape index (κ1) is 31.0. The minimum absolute atomic E-state index is 0.0338. The van der Waals surface area contributed by atoms with Gasteiger partial charge in [-0.15, -0.1) is 0 Å². The van der Waals surface area contributed by atoms with Crippen LogP contribution in [0.15, 0.2) is 42.5 Å². The fraction of sp³-hybridized carbons (Fsp3) is 0.500. The number of amides is 2. The lowest BCUT2D eigenvalue weighted by atomic mass is 10.1. The third-order valence-corrected chi connectivity index (χ3v) is 8.66. The van der Waals surface area contributed by atoms with Crippen LogP contribution in [0.1, 0.15) is 57.4 Å². The Kier molecular flexibility index (Phi) is 11.3. The van der Waals surface area contributed by atoms with E-state index in [0.29, 0.717) is 17.2 Å². The monoisotopic (exact) mass is 597 g/mol. The first-order valence-electron chi connectivity index (χ1n) is 13.2. The van der Waals surface area contributed by atoms with Gasteiger partial charge in [0.25, 0.3) is 0 Å². The number of ether oxygens (including phenoxy) is 1. The van der Waals surface area contributed by atoms with Crippen molar-refractivity contribution in [1.29, 1.82) is 0 Å². The van der Waals surface area contributed by atoms with Crippen molar-refractivity contribution >= 4 is 50.7 Å². The number of sulfonamides is 1. The van der Waals surface area contributed by atoms with E-state index in [1.807, 2.05) is 31.2 Å². The summed E-state index contributed by atoms with van der Waals surface area (Å²) in [6.07, 6.45) is 5.88. The van der Waals surface area contributed by atoms with Crippen molar-refractivity contribution in [3.63, 3.8) is 0 Å². The molecule has 11 heteroatoms. The Balaban J connectivity index is 1.78. The molecule has 2 aromatic rings. The highest BCUT2D eigenvalue weighted by Crippen LogP contribution is 2.31. The molecule has 8 nitrogen and oxygen atoms in total. The van der Waals surface area contributed by atoms with E-state index in [9.17, 15) is 18.0 Å². The molecule has 3 rings (SSSR count). The standard InChI is InChI=1S/C28H37Cl2N3O5S/c1-4-25(28(35)31-22-8-5-6-9-22)32(19-20-11-14-23(38-2)15-12-20)27(34)10-7-17-33(39(3,36)37)26-18-21(29)13-16-24(26)30/h11-16,18,22,25H,4-10,17,19H2,1-3H3,(H,31,35). The molecule has 1 aliphatic rings. The molecule has 214 valence electrons. The molecule has 1 saturated carbocycles. The summed E-state index contributed by atoms with van der Waals surface area (Å²) >= 11 is 12.4. The minimum atomic E-state index is -3.69. The number of halogens is 2. The Labute approximate surface area is 241 Å². The van der Waals surface area contributed by atoms with Crippen LogP contribution in [0.2, 0.25) is 10.0 Å². The molecular weight excluding hydrogens is 561 g/mol. The third-order valence-electron chi connectivity index (χ3n) is 6.93. The van der Waals surface area contributed by atoms with Crippen molar-refractivity contribution in [2.24, 2.45) is 0 Å². The Morgan fingerprint density at radius 1 is 1.10 bits per heavy atom. The highest BCUT2D eigenvalue weighted by Gasteiger charge is 2.31. The van der Waals surface area contributed by atoms with Crippen LogP contribution in [-0.4, -0.2) is 57.1 Å². The molecule has 0 aromatic heterocycles. The number of benzene rings is 2. The molecule has 0 saturated heterocycles. The molecule has 0 radical (unpaired) electrons. The maximum absolute atomic E-state index is 13.6. The van der Waals surface area contributed by atoms with Crippen molar-refractivity contribution < 1.29 is 22.7 Å². The molecular formula is C28H37Cl2N3O5S. The molecule has 1 fully saturated rings. The minimum Gasteiger partial charge on any atom is -0.497 e. The number of rotatable bonds is 13. The number of nitrogens with one attached hydrogen (secondary N) is 1. The van der Waals surface area contributed by atoms with E-state index in [4.69, 9.17) is 27.9 Å². The van der Waals surface area contributed by atoms with Crippen molar-refractivity contribution in [2.45, 2.75) is 70.5 Å². The summed E-state index contributed by atoms with van der Waals surface area (Å²) in [6, 6.07) is 11.5. The fourth-order valence-electron chi connectivity index (χ4n) is 4.87. The van der Waals surface area contributed by atoms with Gasteiger partial charge in [0.15, 0.2) is 0 Å². The Bertz CT molecular complexity index is 1230. The number of nitrogens with zero attached hydrogens (tertiary/aromatic N) is 2. The summed E-state index contributed by atoms with van der Waals surface area (Å²) in [4.78, 5) is 28.5. The SMILES string of the molecule is CCC(C(=O)NC1CCCC1)N(Cc1ccc(OC)cc1)C(=O)CCCN(c1cc(Cl)ccc1Cl)S(C)(=O)=O. The van der Waals surface area contributed by atoms with Crippen molar-refractivity contribution in [3.8, 4) is 5.75 Å². The number of carbonyl (C=O) groups excluding carboxylic acids is 2. The van der Waals surface area contributed by atoms with Gasteiger partial charge >= 0.3 is 0 Å². The first-order valence-corrected chi connectivity index (χ1v) is 15.8. The third kappa shape index (κ3) is 8.75. The zero-order valence-corrected chi connectivity index (χ0v) is 25.0. The van der Waals surface area contributed by atoms with Gasteiger partial charge in [0.1, 0.15) is 11.8 Å². The highest BCUT2D eigenvalue weighted by atomic mass is 35.5. The number of hydrogen-bond donors (Lipinski definition) is 1. The van der Waals surface area contributed by atoms with Crippen molar-refractivity contribution in [3.05, 3.63) is 58.1 Å². The van der Waals surface area contributed by atoms with Gasteiger partial charge in [0, 0.05) is 30.6 Å². The van der Waals surface area contributed by atoms with Gasteiger partial charge in [-0.05, 0) is 61.6 Å². The Morgan fingerprint density at radius 2 is 1.77 bits per heavy atom. The van der Waals surface area contributed by atoms with Gasteiger partial charge in [0.05, 0.1) is 24.1 Å². The van der Waals surface area contributed by atoms with Crippen molar-refractivity contribution in [1.82, 2.24) is 10.2 Å². The molecule has 0 aliphatic heterocycles. The second kappa shape index (κ2) is 14.2. The van der Waals surface area contributed by atoms with Crippen LogP contribution in [-0.2, 0) is 26.2 Å². The summed E-state index contributed by atoms with van der Waals surface area (Å²) in [6.45, 7) is 2.17. The molecule has 0 bridgehead atoms. The number of carbonyl (C=O) groups is 2.